The van der Waals surface area contributed by atoms with Crippen molar-refractivity contribution in [2.45, 2.75) is 6.54 Å². The summed E-state index contributed by atoms with van der Waals surface area (Å²) in [6.45, 7) is 4.97. The Balaban J connectivity index is 1.56. The fourth-order valence-electron chi connectivity index (χ4n) is 2.65. The minimum atomic E-state index is 0.888. The molecule has 1 aliphatic rings. The van der Waals surface area contributed by atoms with Crippen molar-refractivity contribution in [3.05, 3.63) is 30.1 Å². The van der Waals surface area contributed by atoms with Gasteiger partial charge in [-0.15, -0.1) is 10.2 Å². The van der Waals surface area contributed by atoms with E-state index in [1.807, 2.05) is 43.0 Å². The summed E-state index contributed by atoms with van der Waals surface area (Å²) in [5.41, 5.74) is 1.25. The summed E-state index contributed by atoms with van der Waals surface area (Å²) in [5.74, 6) is 1.85. The maximum atomic E-state index is 4.34. The van der Waals surface area contributed by atoms with Crippen molar-refractivity contribution in [3.8, 4) is 0 Å². The number of rotatable bonds is 4. The van der Waals surface area contributed by atoms with Crippen molar-refractivity contribution < 1.29 is 0 Å². The van der Waals surface area contributed by atoms with Gasteiger partial charge < -0.3 is 9.80 Å². The second-order valence-electron chi connectivity index (χ2n) is 5.85. The van der Waals surface area contributed by atoms with E-state index >= 15 is 0 Å². The third-order valence-electron chi connectivity index (χ3n) is 4.10. The molecule has 0 saturated carbocycles. The fraction of sp³-hybridized carbons (Fsp3) is 0.533. The lowest BCUT2D eigenvalue weighted by Crippen LogP contribution is -2.46. The summed E-state index contributed by atoms with van der Waals surface area (Å²) in [6.07, 6.45) is 1.85. The highest BCUT2D eigenvalue weighted by Crippen LogP contribution is 2.16. The molecule has 0 aliphatic carbocycles. The highest BCUT2D eigenvalue weighted by atomic mass is 15.3. The number of aryl methyl sites for hydroxylation is 1. The van der Waals surface area contributed by atoms with Gasteiger partial charge in [0, 0.05) is 60.1 Å². The molecule has 0 spiro atoms. The topological polar surface area (TPSA) is 53.3 Å². The highest BCUT2D eigenvalue weighted by molar-refractivity contribution is 5.44. The van der Waals surface area contributed by atoms with Gasteiger partial charge in [-0.3, -0.25) is 9.58 Å². The molecule has 0 aromatic carbocycles. The quantitative estimate of drug-likeness (QED) is 0.824. The Morgan fingerprint density at radius 2 is 1.82 bits per heavy atom. The van der Waals surface area contributed by atoms with Crippen LogP contribution in [0.4, 0.5) is 11.6 Å². The third-order valence-corrected chi connectivity index (χ3v) is 4.10. The largest absolute Gasteiger partial charge is 0.361 e. The number of hydrogen-bond donors (Lipinski definition) is 0. The molecule has 22 heavy (non-hydrogen) atoms. The first kappa shape index (κ1) is 14.8. The molecule has 0 amide bonds. The number of aromatic nitrogens is 4. The molecule has 7 nitrogen and oxygen atoms in total. The lowest BCUT2D eigenvalue weighted by Gasteiger charge is -2.35. The van der Waals surface area contributed by atoms with Gasteiger partial charge in [0.15, 0.2) is 11.6 Å². The van der Waals surface area contributed by atoms with E-state index in [0.717, 1.165) is 44.4 Å². The van der Waals surface area contributed by atoms with Gasteiger partial charge in [0.2, 0.25) is 0 Å². The van der Waals surface area contributed by atoms with Crippen LogP contribution in [0.3, 0.4) is 0 Å². The van der Waals surface area contributed by atoms with E-state index in [2.05, 4.69) is 37.2 Å². The van der Waals surface area contributed by atoms with Crippen LogP contribution in [0.2, 0.25) is 0 Å². The standard InChI is InChI=1S/C15H23N7/c1-19(2)14-4-5-15(18-17-14)22-10-8-21(9-11-22)12-13-6-7-16-20(13)3/h4-7H,8-12H2,1-3H3. The molecular formula is C15H23N7. The van der Waals surface area contributed by atoms with Crippen LogP contribution in [0.15, 0.2) is 24.4 Å². The number of anilines is 2. The van der Waals surface area contributed by atoms with E-state index in [0.29, 0.717) is 0 Å². The van der Waals surface area contributed by atoms with Crippen LogP contribution in [-0.4, -0.2) is 65.2 Å². The zero-order valence-electron chi connectivity index (χ0n) is 13.5. The SMILES string of the molecule is CN(C)c1ccc(N2CCN(Cc3ccnn3C)CC2)nn1. The Labute approximate surface area is 131 Å². The Morgan fingerprint density at radius 1 is 1.05 bits per heavy atom. The first-order chi connectivity index (χ1) is 10.6. The molecule has 2 aromatic rings. The van der Waals surface area contributed by atoms with Gasteiger partial charge in [-0.1, -0.05) is 0 Å². The molecule has 1 fully saturated rings. The van der Waals surface area contributed by atoms with Crippen LogP contribution in [0.1, 0.15) is 5.69 Å². The van der Waals surface area contributed by atoms with Gasteiger partial charge in [0.25, 0.3) is 0 Å². The molecule has 2 aromatic heterocycles. The molecule has 0 atom stereocenters. The molecule has 3 rings (SSSR count). The summed E-state index contributed by atoms with van der Waals surface area (Å²) in [7, 11) is 5.94. The molecule has 118 valence electrons. The smallest absolute Gasteiger partial charge is 0.151 e. The molecule has 0 unspecified atom stereocenters. The van der Waals surface area contributed by atoms with Crippen molar-refractivity contribution >= 4 is 11.6 Å². The molecule has 0 N–H and O–H groups in total. The minimum absolute atomic E-state index is 0.888. The lowest BCUT2D eigenvalue weighted by molar-refractivity contribution is 0.243. The number of hydrogen-bond acceptors (Lipinski definition) is 6. The first-order valence-corrected chi connectivity index (χ1v) is 7.59. The van der Waals surface area contributed by atoms with Gasteiger partial charge in [-0.05, 0) is 18.2 Å². The van der Waals surface area contributed by atoms with Gasteiger partial charge in [-0.2, -0.15) is 5.10 Å². The molecule has 3 heterocycles. The van der Waals surface area contributed by atoms with Crippen molar-refractivity contribution in [2.75, 3.05) is 50.1 Å². The van der Waals surface area contributed by atoms with Crippen molar-refractivity contribution in [1.82, 2.24) is 24.9 Å². The van der Waals surface area contributed by atoms with Gasteiger partial charge in [0.05, 0.1) is 5.69 Å². The second-order valence-corrected chi connectivity index (χ2v) is 5.85. The minimum Gasteiger partial charge on any atom is -0.361 e. The van der Waals surface area contributed by atoms with Crippen molar-refractivity contribution in [3.63, 3.8) is 0 Å². The second kappa shape index (κ2) is 6.31. The van der Waals surface area contributed by atoms with Crippen LogP contribution in [0.5, 0.6) is 0 Å². The molecule has 7 heteroatoms. The Hall–Kier alpha value is -2.15. The van der Waals surface area contributed by atoms with Crippen LogP contribution in [0.25, 0.3) is 0 Å². The monoisotopic (exact) mass is 301 g/mol. The van der Waals surface area contributed by atoms with E-state index < -0.39 is 0 Å². The summed E-state index contributed by atoms with van der Waals surface area (Å²) in [6, 6.07) is 6.15. The highest BCUT2D eigenvalue weighted by Gasteiger charge is 2.19. The Morgan fingerprint density at radius 3 is 2.36 bits per heavy atom. The summed E-state index contributed by atoms with van der Waals surface area (Å²) >= 11 is 0. The fourth-order valence-corrected chi connectivity index (χ4v) is 2.65. The average Bonchev–Trinajstić information content (AvgIpc) is 2.93. The number of nitrogens with zero attached hydrogens (tertiary/aromatic N) is 7. The summed E-state index contributed by atoms with van der Waals surface area (Å²) in [4.78, 5) is 6.71. The Kier molecular flexibility index (Phi) is 4.24. The molecule has 1 aliphatic heterocycles. The molecule has 1 saturated heterocycles. The third kappa shape index (κ3) is 3.19. The first-order valence-electron chi connectivity index (χ1n) is 7.59. The van der Waals surface area contributed by atoms with E-state index in [4.69, 9.17) is 0 Å². The average molecular weight is 301 g/mol. The van der Waals surface area contributed by atoms with Crippen molar-refractivity contribution in [1.29, 1.82) is 0 Å². The van der Waals surface area contributed by atoms with E-state index in [1.165, 1.54) is 5.69 Å². The zero-order valence-corrected chi connectivity index (χ0v) is 13.5. The maximum absolute atomic E-state index is 4.34. The summed E-state index contributed by atoms with van der Waals surface area (Å²) < 4.78 is 1.94. The maximum Gasteiger partial charge on any atom is 0.151 e. The van der Waals surface area contributed by atoms with Gasteiger partial charge in [-0.25, -0.2) is 0 Å². The van der Waals surface area contributed by atoms with Crippen LogP contribution < -0.4 is 9.80 Å². The molecular weight excluding hydrogens is 278 g/mol. The normalized spacial score (nSPS) is 16.0. The van der Waals surface area contributed by atoms with E-state index in [-0.39, 0.29) is 0 Å². The van der Waals surface area contributed by atoms with Crippen LogP contribution in [0, 0.1) is 0 Å². The molecule has 0 radical (unpaired) electrons. The van der Waals surface area contributed by atoms with Crippen LogP contribution >= 0.6 is 0 Å². The van der Waals surface area contributed by atoms with Crippen molar-refractivity contribution in [2.24, 2.45) is 7.05 Å². The Bertz CT molecular complexity index is 597. The van der Waals surface area contributed by atoms with E-state index in [1.54, 1.807) is 0 Å². The summed E-state index contributed by atoms with van der Waals surface area (Å²) in [5, 5.41) is 12.8. The lowest BCUT2D eigenvalue weighted by atomic mass is 10.3. The number of piperazine rings is 1. The predicted octanol–water partition coefficient (Wildman–Crippen LogP) is 0.598. The zero-order chi connectivity index (χ0) is 15.5. The van der Waals surface area contributed by atoms with Crippen LogP contribution in [-0.2, 0) is 13.6 Å². The van der Waals surface area contributed by atoms with Gasteiger partial charge in [0.1, 0.15) is 0 Å². The van der Waals surface area contributed by atoms with Gasteiger partial charge >= 0.3 is 0 Å². The molecule has 0 bridgehead atoms. The predicted molar refractivity (Wildman–Crippen MR) is 87.1 cm³/mol. The van der Waals surface area contributed by atoms with E-state index in [9.17, 15) is 0 Å².